The SMILES string of the molecule is CC1(C)c2cccnc2N(c2cccc(C(c3ccccc3)(c3ccccc3)c3cccc(-c4ccccn4)c3)c2)c2ccc3c(sc4ccccc43)c21. The third kappa shape index (κ3) is 4.87. The lowest BCUT2D eigenvalue weighted by Crippen LogP contribution is -2.33. The number of fused-ring (bicyclic) bond motifs is 6. The van der Waals surface area contributed by atoms with E-state index in [0.717, 1.165) is 22.8 Å². The molecule has 0 spiro atoms. The van der Waals surface area contributed by atoms with Gasteiger partial charge in [-0.3, -0.25) is 9.88 Å². The third-order valence-electron chi connectivity index (χ3n) is 11.3. The van der Waals surface area contributed by atoms with Crippen LogP contribution in [0.2, 0.25) is 0 Å². The van der Waals surface area contributed by atoms with E-state index in [2.05, 4.69) is 189 Å². The summed E-state index contributed by atoms with van der Waals surface area (Å²) in [5.74, 6) is 0.967. The van der Waals surface area contributed by atoms with Gasteiger partial charge in [0.1, 0.15) is 5.82 Å². The predicted octanol–water partition coefficient (Wildman–Crippen LogP) is 13.0. The smallest absolute Gasteiger partial charge is 0.141 e. The second-order valence-corrected chi connectivity index (χ2v) is 15.6. The number of pyridine rings is 2. The van der Waals surface area contributed by atoms with Crippen LogP contribution in [0.15, 0.2) is 188 Å². The molecule has 1 aliphatic heterocycles. The lowest BCUT2D eigenvalue weighted by atomic mass is 9.64. The maximum atomic E-state index is 5.13. The Hall–Kier alpha value is -6.36. The van der Waals surface area contributed by atoms with Crippen molar-refractivity contribution in [1.29, 1.82) is 0 Å². The minimum absolute atomic E-state index is 0.267. The molecule has 0 bridgehead atoms. The van der Waals surface area contributed by atoms with Crippen molar-refractivity contribution in [2.24, 2.45) is 0 Å². The van der Waals surface area contributed by atoms with Crippen LogP contribution in [0, 0.1) is 0 Å². The molecule has 0 unspecified atom stereocenters. The topological polar surface area (TPSA) is 29.0 Å². The largest absolute Gasteiger partial charge is 0.294 e. The van der Waals surface area contributed by atoms with Gasteiger partial charge in [-0.05, 0) is 70.8 Å². The van der Waals surface area contributed by atoms with Crippen molar-refractivity contribution in [3.8, 4) is 11.3 Å². The first kappa shape index (κ1) is 32.3. The fourth-order valence-electron chi connectivity index (χ4n) is 8.84. The number of thiophene rings is 1. The molecule has 0 fully saturated rings. The molecule has 0 atom stereocenters. The summed E-state index contributed by atoms with van der Waals surface area (Å²) in [5, 5.41) is 2.62. The quantitative estimate of drug-likeness (QED) is 0.161. The second-order valence-electron chi connectivity index (χ2n) is 14.6. The van der Waals surface area contributed by atoms with Gasteiger partial charge in [0.25, 0.3) is 0 Å². The molecule has 4 heteroatoms. The Balaban J connectivity index is 1.26. The van der Waals surface area contributed by atoms with Crippen LogP contribution in [0.4, 0.5) is 17.2 Å². The zero-order valence-electron chi connectivity index (χ0n) is 30.1. The lowest BCUT2D eigenvalue weighted by Gasteiger charge is -2.42. The Morgan fingerprint density at radius 2 is 1.20 bits per heavy atom. The van der Waals surface area contributed by atoms with Gasteiger partial charge in [0.2, 0.25) is 0 Å². The van der Waals surface area contributed by atoms with E-state index >= 15 is 0 Å². The molecular weight excluding hydrogens is 675 g/mol. The van der Waals surface area contributed by atoms with Crippen molar-refractivity contribution in [3.05, 3.63) is 222 Å². The average molecular weight is 712 g/mol. The molecular formula is C50H37N3S. The highest BCUT2D eigenvalue weighted by Gasteiger charge is 2.42. The van der Waals surface area contributed by atoms with Crippen molar-refractivity contribution in [1.82, 2.24) is 9.97 Å². The van der Waals surface area contributed by atoms with Crippen LogP contribution in [0.1, 0.15) is 47.2 Å². The van der Waals surface area contributed by atoms with Gasteiger partial charge in [0, 0.05) is 60.4 Å². The minimum Gasteiger partial charge on any atom is -0.294 e. The molecule has 0 amide bonds. The number of nitrogens with zero attached hydrogens (tertiary/aromatic N) is 3. The van der Waals surface area contributed by atoms with E-state index in [0.29, 0.717) is 0 Å². The van der Waals surface area contributed by atoms with Crippen LogP contribution in [-0.4, -0.2) is 9.97 Å². The molecule has 9 aromatic rings. The highest BCUT2D eigenvalue weighted by Crippen LogP contribution is 2.56. The van der Waals surface area contributed by atoms with Gasteiger partial charge < -0.3 is 0 Å². The van der Waals surface area contributed by atoms with E-state index < -0.39 is 5.41 Å². The maximum absolute atomic E-state index is 5.13. The lowest BCUT2D eigenvalue weighted by molar-refractivity contribution is 0.634. The van der Waals surface area contributed by atoms with Crippen molar-refractivity contribution in [2.45, 2.75) is 24.7 Å². The molecule has 0 aliphatic carbocycles. The summed E-state index contributed by atoms with van der Waals surface area (Å²) in [4.78, 5) is 12.3. The van der Waals surface area contributed by atoms with Crippen LogP contribution < -0.4 is 4.90 Å². The number of aromatic nitrogens is 2. The first-order valence-electron chi connectivity index (χ1n) is 18.5. The van der Waals surface area contributed by atoms with Crippen LogP contribution >= 0.6 is 11.3 Å². The summed E-state index contributed by atoms with van der Waals surface area (Å²) >= 11 is 1.90. The third-order valence-corrected chi connectivity index (χ3v) is 12.5. The molecule has 10 rings (SSSR count). The van der Waals surface area contributed by atoms with Crippen LogP contribution in [0.5, 0.6) is 0 Å². The van der Waals surface area contributed by atoms with Gasteiger partial charge in [-0.2, -0.15) is 0 Å². The number of rotatable bonds is 6. The maximum Gasteiger partial charge on any atom is 0.141 e. The van der Waals surface area contributed by atoms with Gasteiger partial charge in [-0.15, -0.1) is 11.3 Å². The molecule has 3 aromatic heterocycles. The molecule has 4 heterocycles. The predicted molar refractivity (Wildman–Crippen MR) is 225 cm³/mol. The van der Waals surface area contributed by atoms with Crippen molar-refractivity contribution in [2.75, 3.05) is 4.90 Å². The summed E-state index contributed by atoms with van der Waals surface area (Å²) in [5.41, 5.74) is 10.6. The summed E-state index contributed by atoms with van der Waals surface area (Å²) in [6, 6.07) is 63.8. The minimum atomic E-state index is -0.649. The normalized spacial score (nSPS) is 13.5. The zero-order chi connectivity index (χ0) is 36.3. The van der Waals surface area contributed by atoms with Crippen LogP contribution in [-0.2, 0) is 10.8 Å². The van der Waals surface area contributed by atoms with Crippen molar-refractivity contribution >= 4 is 48.7 Å². The Kier molecular flexibility index (Phi) is 7.57. The van der Waals surface area contributed by atoms with Crippen molar-refractivity contribution < 1.29 is 0 Å². The van der Waals surface area contributed by atoms with E-state index in [4.69, 9.17) is 9.97 Å². The van der Waals surface area contributed by atoms with E-state index in [1.165, 1.54) is 59.2 Å². The molecule has 3 nitrogen and oxygen atoms in total. The Bertz CT molecular complexity index is 2770. The fourth-order valence-corrected chi connectivity index (χ4v) is 10.2. The van der Waals surface area contributed by atoms with Gasteiger partial charge in [0.05, 0.1) is 16.8 Å². The molecule has 0 N–H and O–H groups in total. The van der Waals surface area contributed by atoms with Gasteiger partial charge in [0.15, 0.2) is 0 Å². The van der Waals surface area contributed by atoms with E-state index in [1.54, 1.807) is 0 Å². The number of anilines is 3. The molecule has 54 heavy (non-hydrogen) atoms. The Labute approximate surface area is 319 Å². The summed E-state index contributed by atoms with van der Waals surface area (Å²) in [7, 11) is 0. The average Bonchev–Trinajstić information content (AvgIpc) is 3.61. The van der Waals surface area contributed by atoms with Gasteiger partial charge >= 0.3 is 0 Å². The van der Waals surface area contributed by atoms with Crippen LogP contribution in [0.3, 0.4) is 0 Å². The monoisotopic (exact) mass is 711 g/mol. The first-order valence-corrected chi connectivity index (χ1v) is 19.3. The van der Waals surface area contributed by atoms with Crippen molar-refractivity contribution in [3.63, 3.8) is 0 Å². The summed E-state index contributed by atoms with van der Waals surface area (Å²) < 4.78 is 2.65. The summed E-state index contributed by atoms with van der Waals surface area (Å²) in [6.45, 7) is 4.71. The molecule has 6 aromatic carbocycles. The highest BCUT2D eigenvalue weighted by molar-refractivity contribution is 7.26. The molecule has 0 saturated heterocycles. The Morgan fingerprint density at radius 3 is 1.96 bits per heavy atom. The van der Waals surface area contributed by atoms with Gasteiger partial charge in [-0.1, -0.05) is 141 Å². The standard InChI is InChI=1S/C50H37N3S/c1-49(2)42-25-15-31-52-48(42)53(44-29-28-41-40-24-9-10-27-45(40)54-47(41)46(44)49)39-23-14-22-38(33-39)50(35-17-5-3-6-18-35,36-19-7-4-8-20-36)37-21-13-16-34(32-37)43-26-11-12-30-51-43/h3-33H,1-2H3. The summed E-state index contributed by atoms with van der Waals surface area (Å²) in [6.07, 6.45) is 3.79. The molecule has 1 aliphatic rings. The van der Waals surface area contributed by atoms with E-state index in [-0.39, 0.29) is 5.41 Å². The second kappa shape index (κ2) is 12.6. The number of hydrogen-bond donors (Lipinski definition) is 0. The highest BCUT2D eigenvalue weighted by atomic mass is 32.1. The molecule has 0 radical (unpaired) electrons. The fraction of sp³-hybridized carbons (Fsp3) is 0.0800. The first-order chi connectivity index (χ1) is 26.5. The number of hydrogen-bond acceptors (Lipinski definition) is 4. The van der Waals surface area contributed by atoms with E-state index in [1.807, 2.05) is 29.8 Å². The van der Waals surface area contributed by atoms with Crippen LogP contribution in [0.25, 0.3) is 31.4 Å². The Morgan fingerprint density at radius 1 is 0.537 bits per heavy atom. The molecule has 258 valence electrons. The van der Waals surface area contributed by atoms with Gasteiger partial charge in [-0.25, -0.2) is 4.98 Å². The van der Waals surface area contributed by atoms with E-state index in [9.17, 15) is 0 Å². The molecule has 0 saturated carbocycles. The number of benzene rings is 6. The zero-order valence-corrected chi connectivity index (χ0v) is 31.0.